The van der Waals surface area contributed by atoms with Crippen molar-refractivity contribution in [3.8, 4) is 0 Å². The molecule has 0 aliphatic rings. The SMILES string of the molecule is O=C(NCc1ccco1)c1ccc(S(=O)(=O)C(F)F)cc1. The molecule has 1 N–H and O–H groups in total. The van der Waals surface area contributed by atoms with E-state index in [1.165, 1.54) is 18.4 Å². The second kappa shape index (κ2) is 6.04. The van der Waals surface area contributed by atoms with E-state index < -0.39 is 26.4 Å². The zero-order valence-corrected chi connectivity index (χ0v) is 11.4. The molecule has 1 aromatic carbocycles. The van der Waals surface area contributed by atoms with Crippen molar-refractivity contribution >= 4 is 15.7 Å². The lowest BCUT2D eigenvalue weighted by atomic mass is 10.2. The maximum Gasteiger partial charge on any atom is 0.341 e. The Kier molecular flexibility index (Phi) is 4.37. The van der Waals surface area contributed by atoms with Gasteiger partial charge in [0.2, 0.25) is 9.84 Å². The lowest BCUT2D eigenvalue weighted by molar-refractivity contribution is 0.0948. The monoisotopic (exact) mass is 315 g/mol. The fourth-order valence-corrected chi connectivity index (χ4v) is 2.30. The van der Waals surface area contributed by atoms with Gasteiger partial charge in [-0.15, -0.1) is 0 Å². The largest absolute Gasteiger partial charge is 0.467 e. The van der Waals surface area contributed by atoms with Gasteiger partial charge in [-0.3, -0.25) is 4.79 Å². The van der Waals surface area contributed by atoms with E-state index in [-0.39, 0.29) is 12.1 Å². The van der Waals surface area contributed by atoms with E-state index in [0.717, 1.165) is 12.1 Å². The summed E-state index contributed by atoms with van der Waals surface area (Å²) < 4.78 is 52.2. The Labute approximate surface area is 119 Å². The molecule has 0 saturated heterocycles. The number of hydrogen-bond acceptors (Lipinski definition) is 4. The van der Waals surface area contributed by atoms with Gasteiger partial charge in [-0.25, -0.2) is 8.42 Å². The molecule has 0 atom stereocenters. The molecule has 2 aromatic rings. The number of furan rings is 1. The van der Waals surface area contributed by atoms with Gasteiger partial charge in [-0.1, -0.05) is 0 Å². The molecule has 112 valence electrons. The molecule has 0 aliphatic heterocycles. The van der Waals surface area contributed by atoms with Gasteiger partial charge in [-0.2, -0.15) is 8.78 Å². The number of nitrogens with one attached hydrogen (secondary N) is 1. The highest BCUT2D eigenvalue weighted by atomic mass is 32.2. The summed E-state index contributed by atoms with van der Waals surface area (Å²) in [5.41, 5.74) is 0.162. The smallest absolute Gasteiger partial charge is 0.341 e. The van der Waals surface area contributed by atoms with Crippen molar-refractivity contribution < 1.29 is 26.4 Å². The molecule has 1 heterocycles. The Morgan fingerprint density at radius 1 is 1.19 bits per heavy atom. The lowest BCUT2D eigenvalue weighted by Crippen LogP contribution is -2.22. The molecule has 21 heavy (non-hydrogen) atoms. The van der Waals surface area contributed by atoms with Crippen LogP contribution in [0.2, 0.25) is 0 Å². The number of hydrogen-bond donors (Lipinski definition) is 1. The highest BCUT2D eigenvalue weighted by Gasteiger charge is 2.26. The van der Waals surface area contributed by atoms with Crippen LogP contribution in [0.4, 0.5) is 8.78 Å². The molecule has 8 heteroatoms. The number of sulfone groups is 1. The first-order valence-corrected chi connectivity index (χ1v) is 7.38. The van der Waals surface area contributed by atoms with Gasteiger partial charge in [0, 0.05) is 5.56 Å². The molecule has 0 spiro atoms. The van der Waals surface area contributed by atoms with Crippen LogP contribution >= 0.6 is 0 Å². The summed E-state index contributed by atoms with van der Waals surface area (Å²) in [6, 6.07) is 7.65. The number of carbonyl (C=O) groups is 1. The van der Waals surface area contributed by atoms with E-state index >= 15 is 0 Å². The fraction of sp³-hybridized carbons (Fsp3) is 0.154. The van der Waals surface area contributed by atoms with Crippen molar-refractivity contribution in [3.05, 3.63) is 54.0 Å². The normalized spacial score (nSPS) is 11.6. The molecule has 0 saturated carbocycles. The number of halogens is 2. The fourth-order valence-electron chi connectivity index (χ4n) is 1.58. The van der Waals surface area contributed by atoms with Crippen molar-refractivity contribution in [1.82, 2.24) is 5.32 Å². The topological polar surface area (TPSA) is 76.4 Å². The summed E-state index contributed by atoms with van der Waals surface area (Å²) in [5.74, 6) is -3.40. The highest BCUT2D eigenvalue weighted by molar-refractivity contribution is 7.91. The van der Waals surface area contributed by atoms with E-state index in [0.29, 0.717) is 5.76 Å². The van der Waals surface area contributed by atoms with Crippen LogP contribution in [0, 0.1) is 0 Å². The Morgan fingerprint density at radius 2 is 1.86 bits per heavy atom. The molecule has 0 aliphatic carbocycles. The summed E-state index contributed by atoms with van der Waals surface area (Å²) in [5, 5.41) is 2.55. The quantitative estimate of drug-likeness (QED) is 0.918. The third-order valence-corrected chi connectivity index (χ3v) is 4.08. The van der Waals surface area contributed by atoms with Gasteiger partial charge in [0.15, 0.2) is 0 Å². The first-order valence-electron chi connectivity index (χ1n) is 5.84. The Morgan fingerprint density at radius 3 is 2.38 bits per heavy atom. The second-order valence-corrected chi connectivity index (χ2v) is 6.01. The standard InChI is InChI=1S/C13H11F2NO4S/c14-13(15)21(18,19)11-5-3-9(4-6-11)12(17)16-8-10-2-1-7-20-10/h1-7,13H,8H2,(H,16,17). The minimum atomic E-state index is -4.65. The van der Waals surface area contributed by atoms with Crippen molar-refractivity contribution in [2.75, 3.05) is 0 Å². The van der Waals surface area contributed by atoms with Crippen LogP contribution in [0.3, 0.4) is 0 Å². The predicted octanol–water partition coefficient (Wildman–Crippen LogP) is 2.21. The molecular formula is C13H11F2NO4S. The van der Waals surface area contributed by atoms with Crippen LogP contribution in [-0.2, 0) is 16.4 Å². The molecule has 0 radical (unpaired) electrons. The predicted molar refractivity (Wildman–Crippen MR) is 69.5 cm³/mol. The summed E-state index contributed by atoms with van der Waals surface area (Å²) in [6.07, 6.45) is 1.46. The molecular weight excluding hydrogens is 304 g/mol. The number of carbonyl (C=O) groups excluding carboxylic acids is 1. The van der Waals surface area contributed by atoms with Gasteiger partial charge in [0.05, 0.1) is 17.7 Å². The third-order valence-electron chi connectivity index (χ3n) is 2.68. The third kappa shape index (κ3) is 3.46. The van der Waals surface area contributed by atoms with Crippen LogP contribution < -0.4 is 5.32 Å². The van der Waals surface area contributed by atoms with Crippen LogP contribution in [-0.4, -0.2) is 20.1 Å². The van der Waals surface area contributed by atoms with Crippen molar-refractivity contribution in [2.24, 2.45) is 0 Å². The molecule has 0 fully saturated rings. The Bertz CT molecular complexity index is 709. The molecule has 2 rings (SSSR count). The molecule has 1 amide bonds. The summed E-state index contributed by atoms with van der Waals surface area (Å²) in [6.45, 7) is 0.170. The zero-order chi connectivity index (χ0) is 15.5. The van der Waals surface area contributed by atoms with Crippen molar-refractivity contribution in [3.63, 3.8) is 0 Å². The minimum Gasteiger partial charge on any atom is -0.467 e. The van der Waals surface area contributed by atoms with E-state index in [9.17, 15) is 22.0 Å². The van der Waals surface area contributed by atoms with Gasteiger partial charge in [0.1, 0.15) is 5.76 Å². The summed E-state index contributed by atoms with van der Waals surface area (Å²) in [7, 11) is -4.65. The van der Waals surface area contributed by atoms with Crippen molar-refractivity contribution in [1.29, 1.82) is 0 Å². The van der Waals surface area contributed by atoms with Crippen LogP contribution in [0.15, 0.2) is 52.0 Å². The maximum atomic E-state index is 12.4. The van der Waals surface area contributed by atoms with E-state index in [1.807, 2.05) is 0 Å². The second-order valence-electron chi connectivity index (χ2n) is 4.09. The molecule has 0 bridgehead atoms. The highest BCUT2D eigenvalue weighted by Crippen LogP contribution is 2.18. The Hall–Kier alpha value is -2.22. The number of alkyl halides is 2. The average molecular weight is 315 g/mol. The average Bonchev–Trinajstić information content (AvgIpc) is 2.98. The first-order chi connectivity index (χ1) is 9.91. The maximum absolute atomic E-state index is 12.4. The van der Waals surface area contributed by atoms with Crippen molar-refractivity contribution in [2.45, 2.75) is 17.2 Å². The molecule has 5 nitrogen and oxygen atoms in total. The first kappa shape index (κ1) is 15.2. The van der Waals surface area contributed by atoms with Crippen LogP contribution in [0.5, 0.6) is 0 Å². The van der Waals surface area contributed by atoms with Gasteiger partial charge >= 0.3 is 5.76 Å². The van der Waals surface area contributed by atoms with Gasteiger partial charge in [-0.05, 0) is 36.4 Å². The van der Waals surface area contributed by atoms with Crippen LogP contribution in [0.1, 0.15) is 16.1 Å². The number of benzene rings is 1. The van der Waals surface area contributed by atoms with E-state index in [2.05, 4.69) is 5.32 Å². The van der Waals surface area contributed by atoms with Crippen LogP contribution in [0.25, 0.3) is 0 Å². The Balaban J connectivity index is 2.07. The summed E-state index contributed by atoms with van der Waals surface area (Å²) >= 11 is 0. The minimum absolute atomic E-state index is 0.162. The number of rotatable bonds is 5. The molecule has 1 aromatic heterocycles. The van der Waals surface area contributed by atoms with Gasteiger partial charge < -0.3 is 9.73 Å². The lowest BCUT2D eigenvalue weighted by Gasteiger charge is -2.06. The van der Waals surface area contributed by atoms with E-state index in [4.69, 9.17) is 4.42 Å². The molecule has 0 unspecified atom stereocenters. The number of amides is 1. The summed E-state index contributed by atoms with van der Waals surface area (Å²) in [4.78, 5) is 11.3. The van der Waals surface area contributed by atoms with E-state index in [1.54, 1.807) is 12.1 Å². The zero-order valence-electron chi connectivity index (χ0n) is 10.6. The van der Waals surface area contributed by atoms with Gasteiger partial charge in [0.25, 0.3) is 5.91 Å².